The molecule has 0 aliphatic carbocycles. The van der Waals surface area contributed by atoms with Gasteiger partial charge in [0.2, 0.25) is 5.91 Å². The highest BCUT2D eigenvalue weighted by Crippen LogP contribution is 2.08. The van der Waals surface area contributed by atoms with Gasteiger partial charge in [-0.2, -0.15) is 0 Å². The number of carbonyl (C=O) groups excluding carboxylic acids is 2. The smallest absolute Gasteiger partial charge is 0.407 e. The first-order chi connectivity index (χ1) is 12.7. The lowest BCUT2D eigenvalue weighted by Gasteiger charge is -2.19. The van der Waals surface area contributed by atoms with Crippen LogP contribution >= 0.6 is 0 Å². The number of alkyl carbamates (subject to hydrolysis) is 1. The zero-order valence-electron chi connectivity index (χ0n) is 17.1. The van der Waals surface area contributed by atoms with E-state index in [2.05, 4.69) is 35.0 Å². The summed E-state index contributed by atoms with van der Waals surface area (Å²) >= 11 is 0. The molecule has 0 aliphatic rings. The maximum atomic E-state index is 11.8. The van der Waals surface area contributed by atoms with Gasteiger partial charge in [0.25, 0.3) is 0 Å². The lowest BCUT2D eigenvalue weighted by atomic mass is 10.1. The number of rotatable bonds is 9. The van der Waals surface area contributed by atoms with Crippen molar-refractivity contribution >= 4 is 18.1 Å². The zero-order valence-corrected chi connectivity index (χ0v) is 17.1. The van der Waals surface area contributed by atoms with Crippen LogP contribution in [0.4, 0.5) is 4.79 Å². The van der Waals surface area contributed by atoms with Gasteiger partial charge in [0.15, 0.2) is 0 Å². The molecule has 27 heavy (non-hydrogen) atoms. The summed E-state index contributed by atoms with van der Waals surface area (Å²) in [5, 5.41) is 8.67. The number of likely N-dealkylation sites (N-methyl/N-ethyl adjacent to an activating group) is 1. The molecule has 0 spiro atoms. The molecule has 150 valence electrons. The molecule has 3 N–H and O–H groups in total. The summed E-state index contributed by atoms with van der Waals surface area (Å²) in [4.78, 5) is 23.3. The van der Waals surface area contributed by atoms with Crippen molar-refractivity contribution in [3.05, 3.63) is 41.5 Å². The van der Waals surface area contributed by atoms with Crippen molar-refractivity contribution in [1.82, 2.24) is 16.0 Å². The van der Waals surface area contributed by atoms with Crippen LogP contribution in [-0.2, 0) is 16.0 Å². The molecule has 0 fully saturated rings. The average molecular weight is 376 g/mol. The summed E-state index contributed by atoms with van der Waals surface area (Å²) in [7, 11) is 1.95. The van der Waals surface area contributed by atoms with Gasteiger partial charge in [-0.3, -0.25) is 4.79 Å². The van der Waals surface area contributed by atoms with Crippen LogP contribution < -0.4 is 16.0 Å². The molecule has 6 nitrogen and oxygen atoms in total. The van der Waals surface area contributed by atoms with Gasteiger partial charge in [-0.15, -0.1) is 0 Å². The van der Waals surface area contributed by atoms with E-state index >= 15 is 0 Å². The van der Waals surface area contributed by atoms with E-state index in [1.807, 2.05) is 40.0 Å². The molecule has 0 saturated carbocycles. The van der Waals surface area contributed by atoms with E-state index in [1.54, 1.807) is 6.08 Å². The van der Waals surface area contributed by atoms with Crippen molar-refractivity contribution in [3.8, 4) is 0 Å². The Kier molecular flexibility index (Phi) is 9.58. The Bertz CT molecular complexity index is 619. The molecule has 0 saturated heterocycles. The number of hydrogen-bond acceptors (Lipinski definition) is 4. The quantitative estimate of drug-likeness (QED) is 0.458. The van der Waals surface area contributed by atoms with Gasteiger partial charge in [-0.25, -0.2) is 4.79 Å². The molecule has 0 aromatic heterocycles. The molecular weight excluding hydrogens is 342 g/mol. The highest BCUT2D eigenvalue weighted by molar-refractivity contribution is 5.91. The SMILES string of the molecule is CNC(C)Cc1ccc(/C=C/C(=O)NCCCNC(=O)OC(C)(C)C)cc1. The van der Waals surface area contributed by atoms with Crippen molar-refractivity contribution < 1.29 is 14.3 Å². The molecule has 1 atom stereocenters. The highest BCUT2D eigenvalue weighted by Gasteiger charge is 2.15. The lowest BCUT2D eigenvalue weighted by Crippen LogP contribution is -2.34. The second kappa shape index (κ2) is 11.4. The molecule has 1 unspecified atom stereocenters. The topological polar surface area (TPSA) is 79.5 Å². The summed E-state index contributed by atoms with van der Waals surface area (Å²) in [6.45, 7) is 8.52. The number of carbonyl (C=O) groups is 2. The fourth-order valence-electron chi connectivity index (χ4n) is 2.26. The number of nitrogens with one attached hydrogen (secondary N) is 3. The van der Waals surface area contributed by atoms with Crippen molar-refractivity contribution in [3.63, 3.8) is 0 Å². The van der Waals surface area contributed by atoms with Crippen LogP contribution in [-0.4, -0.2) is 43.8 Å². The summed E-state index contributed by atoms with van der Waals surface area (Å²) in [6, 6.07) is 8.60. The Morgan fingerprint density at radius 3 is 2.33 bits per heavy atom. The van der Waals surface area contributed by atoms with E-state index in [1.165, 1.54) is 11.6 Å². The normalized spacial score (nSPS) is 12.6. The van der Waals surface area contributed by atoms with Crippen molar-refractivity contribution in [2.75, 3.05) is 20.1 Å². The van der Waals surface area contributed by atoms with Crippen LogP contribution in [0, 0.1) is 0 Å². The largest absolute Gasteiger partial charge is 0.444 e. The standard InChI is InChI=1S/C21H33N3O3/c1-16(22-5)15-18-9-7-17(8-10-18)11-12-19(25)23-13-6-14-24-20(26)27-21(2,3)4/h7-12,16,22H,6,13-15H2,1-5H3,(H,23,25)(H,24,26)/b12-11+. The van der Waals surface area contributed by atoms with Crippen molar-refractivity contribution in [2.45, 2.75) is 52.2 Å². The summed E-state index contributed by atoms with van der Waals surface area (Å²) in [5.74, 6) is -0.153. The first kappa shape index (κ1) is 22.7. The van der Waals surface area contributed by atoms with E-state index in [9.17, 15) is 9.59 Å². The first-order valence-electron chi connectivity index (χ1n) is 9.38. The first-order valence-corrected chi connectivity index (χ1v) is 9.38. The third-order valence-corrected chi connectivity index (χ3v) is 3.76. The van der Waals surface area contributed by atoms with Gasteiger partial charge in [-0.05, 0) is 64.8 Å². The van der Waals surface area contributed by atoms with Crippen LogP contribution in [0.15, 0.2) is 30.3 Å². The number of amides is 2. The maximum Gasteiger partial charge on any atom is 0.407 e. The Morgan fingerprint density at radius 2 is 1.74 bits per heavy atom. The van der Waals surface area contributed by atoms with Gasteiger partial charge >= 0.3 is 6.09 Å². The van der Waals surface area contributed by atoms with Crippen LogP contribution in [0.5, 0.6) is 0 Å². The van der Waals surface area contributed by atoms with Crippen LogP contribution in [0.25, 0.3) is 6.08 Å². The molecule has 0 radical (unpaired) electrons. The fraction of sp³-hybridized carbons (Fsp3) is 0.524. The molecule has 1 rings (SSSR count). The minimum Gasteiger partial charge on any atom is -0.444 e. The van der Waals surface area contributed by atoms with Crippen LogP contribution in [0.1, 0.15) is 45.2 Å². The Morgan fingerprint density at radius 1 is 1.11 bits per heavy atom. The summed E-state index contributed by atoms with van der Waals surface area (Å²) < 4.78 is 5.14. The molecule has 0 aliphatic heterocycles. The lowest BCUT2D eigenvalue weighted by molar-refractivity contribution is -0.116. The third kappa shape index (κ3) is 11.1. The Balaban J connectivity index is 2.25. The summed E-state index contributed by atoms with van der Waals surface area (Å²) in [6.07, 6.45) is 4.47. The fourth-order valence-corrected chi connectivity index (χ4v) is 2.26. The van der Waals surface area contributed by atoms with Crippen molar-refractivity contribution in [2.24, 2.45) is 0 Å². The van der Waals surface area contributed by atoms with E-state index in [-0.39, 0.29) is 5.91 Å². The zero-order chi connectivity index (χ0) is 20.3. The molecule has 6 heteroatoms. The molecule has 0 bridgehead atoms. The van der Waals surface area contributed by atoms with E-state index in [0.717, 1.165) is 12.0 Å². The van der Waals surface area contributed by atoms with Crippen molar-refractivity contribution in [1.29, 1.82) is 0 Å². The molecular formula is C21H33N3O3. The van der Waals surface area contributed by atoms with E-state index in [0.29, 0.717) is 25.6 Å². The molecule has 2 amide bonds. The average Bonchev–Trinajstić information content (AvgIpc) is 2.59. The minimum absolute atomic E-state index is 0.153. The van der Waals surface area contributed by atoms with Crippen LogP contribution in [0.2, 0.25) is 0 Å². The van der Waals surface area contributed by atoms with Gasteiger partial charge in [0.1, 0.15) is 5.60 Å². The molecule has 1 aromatic rings. The predicted octanol–water partition coefficient (Wildman–Crippen LogP) is 2.88. The highest BCUT2D eigenvalue weighted by atomic mass is 16.6. The van der Waals surface area contributed by atoms with E-state index < -0.39 is 11.7 Å². The maximum absolute atomic E-state index is 11.8. The second-order valence-corrected chi connectivity index (χ2v) is 7.54. The van der Waals surface area contributed by atoms with Gasteiger partial charge in [0.05, 0.1) is 0 Å². The number of benzene rings is 1. The third-order valence-electron chi connectivity index (χ3n) is 3.76. The number of hydrogen-bond donors (Lipinski definition) is 3. The molecule has 0 heterocycles. The van der Waals surface area contributed by atoms with Gasteiger partial charge in [-0.1, -0.05) is 24.3 Å². The number of ether oxygens (including phenoxy) is 1. The minimum atomic E-state index is -0.508. The van der Waals surface area contributed by atoms with E-state index in [4.69, 9.17) is 4.74 Å². The predicted molar refractivity (Wildman–Crippen MR) is 110 cm³/mol. The Labute approximate surface area is 162 Å². The van der Waals surface area contributed by atoms with Crippen LogP contribution in [0.3, 0.4) is 0 Å². The molecule has 1 aromatic carbocycles. The second-order valence-electron chi connectivity index (χ2n) is 7.54. The summed E-state index contributed by atoms with van der Waals surface area (Å²) in [5.41, 5.74) is 1.74. The monoisotopic (exact) mass is 375 g/mol. The van der Waals surface area contributed by atoms with Gasteiger partial charge < -0.3 is 20.7 Å². The van der Waals surface area contributed by atoms with Gasteiger partial charge in [0, 0.05) is 25.2 Å². The Hall–Kier alpha value is -2.34.